The molecule has 5 heteroatoms. The molecule has 0 radical (unpaired) electrons. The van der Waals surface area contributed by atoms with E-state index >= 15 is 0 Å². The van der Waals surface area contributed by atoms with Gasteiger partial charge in [-0.05, 0) is 65.9 Å². The van der Waals surface area contributed by atoms with Gasteiger partial charge in [0, 0.05) is 38.5 Å². The summed E-state index contributed by atoms with van der Waals surface area (Å²) in [6.07, 6.45) is 5.82. The fourth-order valence-corrected chi connectivity index (χ4v) is 8.62. The molecule has 6 aromatic carbocycles. The van der Waals surface area contributed by atoms with Gasteiger partial charge >= 0.3 is 0 Å². The Labute approximate surface area is 324 Å². The van der Waals surface area contributed by atoms with Gasteiger partial charge in [-0.2, -0.15) is 0 Å². The zero-order chi connectivity index (χ0) is 37.2. The van der Waals surface area contributed by atoms with Crippen molar-refractivity contribution >= 4 is 45.1 Å². The Balaban J connectivity index is 1.34. The highest BCUT2D eigenvalue weighted by molar-refractivity contribution is 6.17. The molecule has 5 nitrogen and oxygen atoms in total. The maximum atomic E-state index is 5.57. The monoisotopic (exact) mass is 719 g/mol. The Morgan fingerprint density at radius 1 is 0.482 bits per heavy atom. The van der Waals surface area contributed by atoms with Crippen molar-refractivity contribution < 1.29 is 0 Å². The molecule has 0 saturated carbocycles. The predicted molar refractivity (Wildman–Crippen MR) is 231 cm³/mol. The molecule has 0 amide bonds. The normalized spacial score (nSPS) is 13.8. The van der Waals surface area contributed by atoms with Gasteiger partial charge in [-0.15, -0.1) is 0 Å². The van der Waals surface area contributed by atoms with Crippen molar-refractivity contribution in [2.75, 3.05) is 0 Å². The van der Waals surface area contributed by atoms with Crippen LogP contribution >= 0.6 is 0 Å². The van der Waals surface area contributed by atoms with Crippen LogP contribution in [0.25, 0.3) is 96.1 Å². The van der Waals surface area contributed by atoms with Gasteiger partial charge in [0.25, 0.3) is 0 Å². The summed E-state index contributed by atoms with van der Waals surface area (Å²) >= 11 is 0. The van der Waals surface area contributed by atoms with E-state index in [-0.39, 0.29) is 0 Å². The first kappa shape index (κ1) is 32.2. The number of fused-ring (bicyclic) bond motifs is 7. The van der Waals surface area contributed by atoms with Crippen LogP contribution in [0.1, 0.15) is 13.3 Å². The summed E-state index contributed by atoms with van der Waals surface area (Å²) in [6.45, 7) is 2.31. The maximum absolute atomic E-state index is 5.57. The Bertz CT molecular complexity index is 3140. The van der Waals surface area contributed by atoms with Crippen LogP contribution < -0.4 is 10.6 Å². The SMILES string of the molecule is CC1C=c2c(n(-c3cc(-c4ccccc4)cc(-c4ccccc4)n3)c3c2ccc2c4c(nc(-c5ccccc5)n4-c4ccccc4)n(-c4ccccc4)c23)=CC1. The molecule has 266 valence electrons. The maximum Gasteiger partial charge on any atom is 0.165 e. The van der Waals surface area contributed by atoms with Gasteiger partial charge in [0.1, 0.15) is 17.2 Å². The number of pyridine rings is 1. The predicted octanol–water partition coefficient (Wildman–Crippen LogP) is 10.9. The third-order valence-corrected chi connectivity index (χ3v) is 11.1. The summed E-state index contributed by atoms with van der Waals surface area (Å²) < 4.78 is 7.15. The molecule has 1 aliphatic rings. The second-order valence-corrected chi connectivity index (χ2v) is 14.7. The molecule has 4 heterocycles. The first-order chi connectivity index (χ1) is 27.7. The van der Waals surface area contributed by atoms with Gasteiger partial charge in [-0.3, -0.25) is 13.7 Å². The van der Waals surface area contributed by atoms with Crippen LogP contribution in [0.15, 0.2) is 176 Å². The van der Waals surface area contributed by atoms with Crippen LogP contribution in [0.3, 0.4) is 0 Å². The lowest BCUT2D eigenvalue weighted by Gasteiger charge is -2.15. The summed E-state index contributed by atoms with van der Waals surface area (Å²) in [6, 6.07) is 62.2. The zero-order valence-electron chi connectivity index (χ0n) is 30.9. The van der Waals surface area contributed by atoms with E-state index in [2.05, 4.69) is 209 Å². The second-order valence-electron chi connectivity index (χ2n) is 14.7. The third kappa shape index (κ3) is 5.09. The minimum absolute atomic E-state index is 0.415. The smallest absolute Gasteiger partial charge is 0.165 e. The number of aromatic nitrogens is 5. The van der Waals surface area contributed by atoms with Gasteiger partial charge in [-0.1, -0.05) is 153 Å². The summed E-state index contributed by atoms with van der Waals surface area (Å²) in [5.74, 6) is 2.21. The molecule has 1 unspecified atom stereocenters. The van der Waals surface area contributed by atoms with E-state index in [1.54, 1.807) is 0 Å². The average molecular weight is 720 g/mol. The van der Waals surface area contributed by atoms with Crippen LogP contribution in [0.2, 0.25) is 0 Å². The Hall–Kier alpha value is -7.24. The summed E-state index contributed by atoms with van der Waals surface area (Å²) in [7, 11) is 0. The van der Waals surface area contributed by atoms with Crippen LogP contribution in [-0.4, -0.2) is 23.7 Å². The molecular weight excluding hydrogens is 683 g/mol. The summed E-state index contributed by atoms with van der Waals surface area (Å²) in [5.41, 5.74) is 11.7. The Morgan fingerprint density at radius 2 is 1.04 bits per heavy atom. The highest BCUT2D eigenvalue weighted by Crippen LogP contribution is 2.40. The van der Waals surface area contributed by atoms with Crippen molar-refractivity contribution in [3.8, 4) is 51.0 Å². The molecule has 0 fully saturated rings. The van der Waals surface area contributed by atoms with E-state index < -0.39 is 0 Å². The third-order valence-electron chi connectivity index (χ3n) is 11.1. The van der Waals surface area contributed by atoms with Gasteiger partial charge < -0.3 is 0 Å². The molecule has 11 rings (SSSR count). The molecule has 0 N–H and O–H groups in total. The molecule has 0 saturated heterocycles. The standard InChI is InChI=1S/C51H37N5/c1-34-27-30-45-43(31-34)41-28-29-42-48(47(41)56(45)46-33-38(35-17-7-2-8-18-35)32-44(52-46)36-19-9-3-10-20-36)54(39-23-13-5-14-24-39)51-49(42)55(40-25-15-6-16-26-40)50(53-51)37-21-11-4-12-22-37/h2-26,28-34H,27H2,1H3. The quantitative estimate of drug-likeness (QED) is 0.172. The minimum atomic E-state index is 0.415. The summed E-state index contributed by atoms with van der Waals surface area (Å²) in [5, 5.41) is 4.76. The lowest BCUT2D eigenvalue weighted by molar-refractivity contribution is 0.794. The fourth-order valence-electron chi connectivity index (χ4n) is 8.62. The minimum Gasteiger partial charge on any atom is -0.292 e. The second kappa shape index (κ2) is 13.0. The molecule has 4 aromatic heterocycles. The highest BCUT2D eigenvalue weighted by Gasteiger charge is 2.27. The zero-order valence-corrected chi connectivity index (χ0v) is 30.9. The van der Waals surface area contributed by atoms with Crippen molar-refractivity contribution in [3.05, 3.63) is 186 Å². The molecular formula is C51H37N5. The van der Waals surface area contributed by atoms with Gasteiger partial charge in [0.15, 0.2) is 5.65 Å². The highest BCUT2D eigenvalue weighted by atomic mass is 15.2. The van der Waals surface area contributed by atoms with E-state index in [9.17, 15) is 0 Å². The van der Waals surface area contributed by atoms with Crippen LogP contribution in [0.4, 0.5) is 0 Å². The molecule has 56 heavy (non-hydrogen) atoms. The van der Waals surface area contributed by atoms with E-state index in [0.717, 1.165) is 85.0 Å². The molecule has 1 atom stereocenters. The molecule has 0 bridgehead atoms. The largest absolute Gasteiger partial charge is 0.292 e. The number of para-hydroxylation sites is 2. The molecule has 0 spiro atoms. The first-order valence-electron chi connectivity index (χ1n) is 19.3. The Morgan fingerprint density at radius 3 is 1.70 bits per heavy atom. The molecule has 0 aliphatic heterocycles. The van der Waals surface area contributed by atoms with Crippen molar-refractivity contribution in [1.82, 2.24) is 23.7 Å². The Kier molecular flexibility index (Phi) is 7.46. The van der Waals surface area contributed by atoms with Crippen molar-refractivity contribution in [2.45, 2.75) is 13.3 Å². The van der Waals surface area contributed by atoms with Gasteiger partial charge in [0.05, 0.1) is 22.1 Å². The van der Waals surface area contributed by atoms with E-state index in [1.165, 1.54) is 16.0 Å². The number of hydrogen-bond donors (Lipinski definition) is 0. The van der Waals surface area contributed by atoms with Crippen molar-refractivity contribution in [2.24, 2.45) is 5.92 Å². The fraction of sp³-hybridized carbons (Fsp3) is 0.0588. The molecule has 10 aromatic rings. The van der Waals surface area contributed by atoms with Crippen LogP contribution in [0, 0.1) is 5.92 Å². The topological polar surface area (TPSA) is 40.6 Å². The van der Waals surface area contributed by atoms with E-state index in [0.29, 0.717) is 5.92 Å². The molecule has 1 aliphatic carbocycles. The first-order valence-corrected chi connectivity index (χ1v) is 19.3. The van der Waals surface area contributed by atoms with Crippen LogP contribution in [-0.2, 0) is 0 Å². The van der Waals surface area contributed by atoms with Crippen molar-refractivity contribution in [1.29, 1.82) is 0 Å². The van der Waals surface area contributed by atoms with Gasteiger partial charge in [-0.25, -0.2) is 9.97 Å². The average Bonchev–Trinajstić information content (AvgIpc) is 3.92. The van der Waals surface area contributed by atoms with Crippen LogP contribution in [0.5, 0.6) is 0 Å². The number of nitrogens with zero attached hydrogens (tertiary/aromatic N) is 5. The summed E-state index contributed by atoms with van der Waals surface area (Å²) in [4.78, 5) is 11.1. The van der Waals surface area contributed by atoms with Crippen molar-refractivity contribution in [3.63, 3.8) is 0 Å². The lowest BCUT2D eigenvalue weighted by atomic mass is 10.0. The number of benzene rings is 6. The van der Waals surface area contributed by atoms with Gasteiger partial charge in [0.2, 0.25) is 0 Å². The van der Waals surface area contributed by atoms with E-state index in [1.807, 2.05) is 0 Å². The number of imidazole rings is 1. The van der Waals surface area contributed by atoms with E-state index in [4.69, 9.17) is 9.97 Å². The number of rotatable bonds is 6. The number of hydrogen-bond acceptors (Lipinski definition) is 2. The lowest BCUT2D eigenvalue weighted by Crippen LogP contribution is -2.32.